The van der Waals surface area contributed by atoms with Gasteiger partial charge in [-0.1, -0.05) is 31.9 Å². The van der Waals surface area contributed by atoms with E-state index < -0.39 is 0 Å². The number of carbonyl (C=O) groups is 2. The van der Waals surface area contributed by atoms with Gasteiger partial charge in [-0.2, -0.15) is 0 Å². The van der Waals surface area contributed by atoms with Crippen molar-refractivity contribution in [3.8, 4) is 0 Å². The molecule has 2 amide bonds. The highest BCUT2D eigenvalue weighted by atomic mass is 79.9. The summed E-state index contributed by atoms with van der Waals surface area (Å²) in [6.45, 7) is 3.23. The second kappa shape index (κ2) is 5.04. The maximum atomic E-state index is 11.5. The van der Waals surface area contributed by atoms with Crippen LogP contribution in [0.4, 0.5) is 0 Å². The second-order valence-electron chi connectivity index (χ2n) is 4.38. The topological polar surface area (TPSA) is 40.6 Å². The first-order valence-electron chi connectivity index (χ1n) is 5.33. The highest BCUT2D eigenvalue weighted by molar-refractivity contribution is 9.09. The number of hydrogen-bond acceptors (Lipinski definition) is 2. The van der Waals surface area contributed by atoms with E-state index in [1.807, 2.05) is 9.80 Å². The van der Waals surface area contributed by atoms with Crippen molar-refractivity contribution in [3.05, 3.63) is 0 Å². The van der Waals surface area contributed by atoms with E-state index in [2.05, 4.69) is 31.9 Å². The first kappa shape index (κ1) is 12.4. The van der Waals surface area contributed by atoms with E-state index in [9.17, 15) is 9.59 Å². The lowest BCUT2D eigenvalue weighted by Crippen LogP contribution is -2.36. The smallest absolute Gasteiger partial charge is 0.233 e. The summed E-state index contributed by atoms with van der Waals surface area (Å²) in [5, 5.41) is 0.799. The summed E-state index contributed by atoms with van der Waals surface area (Å²) in [4.78, 5) is 26.8. The van der Waals surface area contributed by atoms with Crippen molar-refractivity contribution < 1.29 is 9.59 Å². The standard InChI is InChI=1S/C10H14Br2N2O2/c11-1-9(15)13-3-7-5-14(10(16)2-12)6-8(7)4-13/h7-8H,1-6H2. The lowest BCUT2D eigenvalue weighted by molar-refractivity contribution is -0.128. The average molecular weight is 354 g/mol. The zero-order valence-electron chi connectivity index (χ0n) is 8.86. The minimum Gasteiger partial charge on any atom is -0.341 e. The molecule has 0 aromatic heterocycles. The SMILES string of the molecule is O=C(CBr)N1CC2CN(C(=O)CBr)CC2C1. The molecule has 0 aromatic carbocycles. The molecule has 0 N–H and O–H groups in total. The van der Waals surface area contributed by atoms with Crippen molar-refractivity contribution in [1.29, 1.82) is 0 Å². The first-order valence-corrected chi connectivity index (χ1v) is 7.57. The summed E-state index contributed by atoms with van der Waals surface area (Å²) in [6.07, 6.45) is 0. The molecule has 0 bridgehead atoms. The molecule has 0 spiro atoms. The van der Waals surface area contributed by atoms with Crippen molar-refractivity contribution in [1.82, 2.24) is 9.80 Å². The monoisotopic (exact) mass is 352 g/mol. The summed E-state index contributed by atoms with van der Waals surface area (Å²) < 4.78 is 0. The van der Waals surface area contributed by atoms with Gasteiger partial charge in [0.2, 0.25) is 11.8 Å². The van der Waals surface area contributed by atoms with Crippen LogP contribution in [0.3, 0.4) is 0 Å². The van der Waals surface area contributed by atoms with Crippen LogP contribution in [0.25, 0.3) is 0 Å². The molecule has 0 radical (unpaired) electrons. The summed E-state index contributed by atoms with van der Waals surface area (Å²) in [5.41, 5.74) is 0. The number of hydrogen-bond donors (Lipinski definition) is 0. The third kappa shape index (κ3) is 2.27. The van der Waals surface area contributed by atoms with Crippen molar-refractivity contribution in [3.63, 3.8) is 0 Å². The van der Waals surface area contributed by atoms with Gasteiger partial charge in [-0.15, -0.1) is 0 Å². The molecule has 16 heavy (non-hydrogen) atoms. The van der Waals surface area contributed by atoms with Gasteiger partial charge in [-0.05, 0) is 0 Å². The fraction of sp³-hybridized carbons (Fsp3) is 0.800. The van der Waals surface area contributed by atoms with Gasteiger partial charge in [-0.25, -0.2) is 0 Å². The van der Waals surface area contributed by atoms with Crippen LogP contribution in [0.1, 0.15) is 0 Å². The Hall–Kier alpha value is -0.100. The van der Waals surface area contributed by atoms with Gasteiger partial charge in [0.05, 0.1) is 10.7 Å². The van der Waals surface area contributed by atoms with Crippen LogP contribution in [-0.2, 0) is 9.59 Å². The largest absolute Gasteiger partial charge is 0.341 e. The number of amides is 2. The predicted octanol–water partition coefficient (Wildman–Crippen LogP) is 0.693. The molecule has 0 unspecified atom stereocenters. The molecule has 90 valence electrons. The molecule has 2 saturated heterocycles. The minimum absolute atomic E-state index is 0.160. The van der Waals surface area contributed by atoms with E-state index >= 15 is 0 Å². The van der Waals surface area contributed by atoms with Crippen molar-refractivity contribution in [2.75, 3.05) is 36.8 Å². The van der Waals surface area contributed by atoms with Crippen LogP contribution >= 0.6 is 31.9 Å². The highest BCUT2D eigenvalue weighted by Gasteiger charge is 2.42. The molecule has 0 saturated carbocycles. The molecule has 2 aliphatic rings. The maximum Gasteiger partial charge on any atom is 0.233 e. The predicted molar refractivity (Wildman–Crippen MR) is 67.7 cm³/mol. The number of fused-ring (bicyclic) bond motifs is 1. The molecule has 0 aromatic rings. The molecule has 2 fully saturated rings. The van der Waals surface area contributed by atoms with Crippen molar-refractivity contribution >= 4 is 43.7 Å². The summed E-state index contributed by atoms with van der Waals surface area (Å²) in [6, 6.07) is 0. The average Bonchev–Trinajstić information content (AvgIpc) is 2.84. The van der Waals surface area contributed by atoms with Crippen molar-refractivity contribution in [2.45, 2.75) is 0 Å². The number of rotatable bonds is 2. The fourth-order valence-corrected chi connectivity index (χ4v) is 3.28. The van der Waals surface area contributed by atoms with Gasteiger partial charge < -0.3 is 9.80 Å². The molecule has 6 heteroatoms. The number of likely N-dealkylation sites (tertiary alicyclic amines) is 2. The third-order valence-electron chi connectivity index (χ3n) is 3.42. The quantitative estimate of drug-likeness (QED) is 0.685. The van der Waals surface area contributed by atoms with E-state index in [0.717, 1.165) is 26.2 Å². The molecule has 0 aliphatic carbocycles. The van der Waals surface area contributed by atoms with E-state index in [0.29, 0.717) is 22.5 Å². The lowest BCUT2D eigenvalue weighted by Gasteiger charge is -2.20. The summed E-state index contributed by atoms with van der Waals surface area (Å²) in [5.74, 6) is 1.28. The molecule has 2 aliphatic heterocycles. The zero-order chi connectivity index (χ0) is 11.7. The Kier molecular flexibility index (Phi) is 3.89. The Bertz CT molecular complexity index is 269. The van der Waals surface area contributed by atoms with E-state index in [1.54, 1.807) is 0 Å². The van der Waals surface area contributed by atoms with Crippen molar-refractivity contribution in [2.24, 2.45) is 11.8 Å². The zero-order valence-corrected chi connectivity index (χ0v) is 12.0. The summed E-state index contributed by atoms with van der Waals surface area (Å²) >= 11 is 6.38. The van der Waals surface area contributed by atoms with E-state index in [1.165, 1.54) is 0 Å². The Balaban J connectivity index is 1.91. The minimum atomic E-state index is 0.160. The van der Waals surface area contributed by atoms with Gasteiger partial charge in [0, 0.05) is 38.0 Å². The van der Waals surface area contributed by atoms with Crippen LogP contribution in [0.5, 0.6) is 0 Å². The number of nitrogens with zero attached hydrogens (tertiary/aromatic N) is 2. The highest BCUT2D eigenvalue weighted by Crippen LogP contribution is 2.31. The Morgan fingerprint density at radius 3 is 1.44 bits per heavy atom. The Morgan fingerprint density at radius 2 is 1.19 bits per heavy atom. The van der Waals surface area contributed by atoms with Crippen LogP contribution in [0.15, 0.2) is 0 Å². The summed E-state index contributed by atoms with van der Waals surface area (Å²) in [7, 11) is 0. The number of carbonyl (C=O) groups excluding carboxylic acids is 2. The number of alkyl halides is 2. The Labute approximate surface area is 112 Å². The molecule has 0 atom stereocenters. The fourth-order valence-electron chi connectivity index (χ4n) is 2.57. The van der Waals surface area contributed by atoms with Crippen LogP contribution < -0.4 is 0 Å². The molecule has 2 heterocycles. The second-order valence-corrected chi connectivity index (χ2v) is 5.51. The maximum absolute atomic E-state index is 11.5. The normalized spacial score (nSPS) is 28.4. The van der Waals surface area contributed by atoms with Crippen LogP contribution in [0, 0.1) is 11.8 Å². The number of halogens is 2. The molecular weight excluding hydrogens is 340 g/mol. The Morgan fingerprint density at radius 1 is 0.875 bits per heavy atom. The molecule has 2 rings (SSSR count). The first-order chi connectivity index (χ1) is 7.65. The molecule has 4 nitrogen and oxygen atoms in total. The van der Waals surface area contributed by atoms with Crippen LogP contribution in [0.2, 0.25) is 0 Å². The van der Waals surface area contributed by atoms with Gasteiger partial charge in [-0.3, -0.25) is 9.59 Å². The van der Waals surface area contributed by atoms with E-state index in [-0.39, 0.29) is 11.8 Å². The molecular formula is C10H14Br2N2O2. The van der Waals surface area contributed by atoms with Gasteiger partial charge in [0.15, 0.2) is 0 Å². The van der Waals surface area contributed by atoms with Gasteiger partial charge in [0.1, 0.15) is 0 Å². The van der Waals surface area contributed by atoms with Gasteiger partial charge in [0.25, 0.3) is 0 Å². The van der Waals surface area contributed by atoms with Gasteiger partial charge >= 0.3 is 0 Å². The van der Waals surface area contributed by atoms with Crippen LogP contribution in [-0.4, -0.2) is 58.5 Å². The van der Waals surface area contributed by atoms with E-state index in [4.69, 9.17) is 0 Å². The third-order valence-corrected chi connectivity index (χ3v) is 4.38. The lowest BCUT2D eigenvalue weighted by atomic mass is 10.0.